The van der Waals surface area contributed by atoms with Crippen LogP contribution in [0.3, 0.4) is 0 Å². The van der Waals surface area contributed by atoms with Gasteiger partial charge in [-0.3, -0.25) is 4.79 Å². The molecular formula is C20H15BrF3N7O. The molecule has 3 aromatic heterocycles. The molecule has 0 spiro atoms. The number of hydrogen-bond donors (Lipinski definition) is 1. The van der Waals surface area contributed by atoms with Gasteiger partial charge in [0.1, 0.15) is 11.8 Å². The lowest BCUT2D eigenvalue weighted by Crippen LogP contribution is -2.29. The first-order valence-electron chi connectivity index (χ1n) is 9.54. The number of alkyl halides is 3. The molecule has 4 rings (SSSR count). The molecule has 0 aromatic carbocycles. The van der Waals surface area contributed by atoms with E-state index in [1.54, 1.807) is 19.1 Å². The number of carbonyl (C=O) groups is 1. The lowest BCUT2D eigenvalue weighted by Gasteiger charge is -2.16. The summed E-state index contributed by atoms with van der Waals surface area (Å²) in [4.78, 5) is 24.9. The van der Waals surface area contributed by atoms with Crippen molar-refractivity contribution >= 4 is 21.8 Å². The Kier molecular flexibility index (Phi) is 5.68. The van der Waals surface area contributed by atoms with Crippen LogP contribution in [0.2, 0.25) is 0 Å². The third kappa shape index (κ3) is 4.62. The number of halogens is 4. The zero-order chi connectivity index (χ0) is 23.0. The molecule has 1 aliphatic rings. The zero-order valence-electron chi connectivity index (χ0n) is 16.6. The summed E-state index contributed by atoms with van der Waals surface area (Å²) in [6.45, 7) is 1.63. The van der Waals surface area contributed by atoms with E-state index in [0.717, 1.165) is 18.9 Å². The van der Waals surface area contributed by atoms with Crippen LogP contribution in [0.15, 0.2) is 35.2 Å². The Morgan fingerprint density at radius 1 is 1.31 bits per heavy atom. The van der Waals surface area contributed by atoms with Crippen molar-refractivity contribution < 1.29 is 18.0 Å². The highest BCUT2D eigenvalue weighted by Crippen LogP contribution is 2.40. The predicted octanol–water partition coefficient (Wildman–Crippen LogP) is 4.08. The van der Waals surface area contributed by atoms with E-state index in [2.05, 4.69) is 41.3 Å². The summed E-state index contributed by atoms with van der Waals surface area (Å²) in [6, 6.07) is 6.52. The standard InChI is InChI=1S/C20H15BrF3N7O/c1-10(17-29-19(21)30-31(17)16-5-2-11(8-25)9-26-16)27-18(32)13-6-14(12-3-4-12)28-15(7-13)20(22,23)24/h2,5-7,9-10,12H,3-4H2,1H3,(H,27,32). The van der Waals surface area contributed by atoms with Crippen LogP contribution in [0.5, 0.6) is 0 Å². The van der Waals surface area contributed by atoms with Crippen molar-refractivity contribution in [3.05, 3.63) is 63.5 Å². The number of nitrogens with zero attached hydrogens (tertiary/aromatic N) is 6. The van der Waals surface area contributed by atoms with Crippen LogP contribution < -0.4 is 5.32 Å². The van der Waals surface area contributed by atoms with E-state index in [-0.39, 0.29) is 21.9 Å². The van der Waals surface area contributed by atoms with Gasteiger partial charge in [-0.1, -0.05) is 0 Å². The molecule has 8 nitrogen and oxygen atoms in total. The van der Waals surface area contributed by atoms with E-state index < -0.39 is 23.8 Å². The largest absolute Gasteiger partial charge is 0.433 e. The Balaban J connectivity index is 1.61. The second-order valence-corrected chi connectivity index (χ2v) is 8.01. The Labute approximate surface area is 188 Å². The third-order valence-corrected chi connectivity index (χ3v) is 5.16. The van der Waals surface area contributed by atoms with Crippen LogP contribution in [-0.4, -0.2) is 30.6 Å². The second-order valence-electron chi connectivity index (χ2n) is 7.30. The molecule has 1 amide bonds. The normalized spacial score (nSPS) is 14.6. The quantitative estimate of drug-likeness (QED) is 0.559. The highest BCUT2D eigenvalue weighted by atomic mass is 79.9. The van der Waals surface area contributed by atoms with Crippen LogP contribution in [0.1, 0.15) is 64.9 Å². The number of aromatic nitrogens is 5. The second kappa shape index (κ2) is 8.31. The van der Waals surface area contributed by atoms with Gasteiger partial charge in [-0.25, -0.2) is 15.0 Å². The Morgan fingerprint density at radius 3 is 2.66 bits per heavy atom. The van der Waals surface area contributed by atoms with Crippen molar-refractivity contribution in [1.29, 1.82) is 5.26 Å². The van der Waals surface area contributed by atoms with Crippen molar-refractivity contribution in [1.82, 2.24) is 30.0 Å². The number of nitriles is 1. The van der Waals surface area contributed by atoms with Gasteiger partial charge in [-0.2, -0.15) is 23.1 Å². The van der Waals surface area contributed by atoms with Gasteiger partial charge in [0.2, 0.25) is 4.73 Å². The summed E-state index contributed by atoms with van der Waals surface area (Å²) < 4.78 is 41.4. The Hall–Kier alpha value is -3.33. The van der Waals surface area contributed by atoms with Gasteiger partial charge in [-0.15, -0.1) is 5.10 Å². The molecule has 1 fully saturated rings. The number of amides is 1. The third-order valence-electron chi connectivity index (χ3n) is 4.83. The number of pyridine rings is 2. The average Bonchev–Trinajstić information content (AvgIpc) is 3.54. The molecular weight excluding hydrogens is 491 g/mol. The monoisotopic (exact) mass is 505 g/mol. The van der Waals surface area contributed by atoms with Crippen molar-refractivity contribution in [2.75, 3.05) is 0 Å². The zero-order valence-corrected chi connectivity index (χ0v) is 18.1. The highest BCUT2D eigenvalue weighted by Gasteiger charge is 2.36. The first-order valence-corrected chi connectivity index (χ1v) is 10.3. The fraction of sp³-hybridized carbons (Fsp3) is 0.300. The maximum Gasteiger partial charge on any atom is 0.433 e. The van der Waals surface area contributed by atoms with E-state index in [9.17, 15) is 18.0 Å². The molecule has 3 aromatic rings. The summed E-state index contributed by atoms with van der Waals surface area (Å²) in [5, 5.41) is 15.8. The number of carbonyl (C=O) groups excluding carboxylic acids is 1. The van der Waals surface area contributed by atoms with Gasteiger partial charge in [0, 0.05) is 23.4 Å². The van der Waals surface area contributed by atoms with Gasteiger partial charge < -0.3 is 5.32 Å². The van der Waals surface area contributed by atoms with Crippen LogP contribution in [-0.2, 0) is 6.18 Å². The fourth-order valence-corrected chi connectivity index (χ4v) is 3.43. The average molecular weight is 506 g/mol. The van der Waals surface area contributed by atoms with Gasteiger partial charge in [0.15, 0.2) is 11.6 Å². The molecule has 0 radical (unpaired) electrons. The molecule has 12 heteroatoms. The van der Waals surface area contributed by atoms with Crippen molar-refractivity contribution in [3.63, 3.8) is 0 Å². The van der Waals surface area contributed by atoms with Gasteiger partial charge in [0.05, 0.1) is 11.6 Å². The minimum Gasteiger partial charge on any atom is -0.342 e. The number of hydrogen-bond acceptors (Lipinski definition) is 6. The van der Waals surface area contributed by atoms with Crippen LogP contribution in [0.25, 0.3) is 5.82 Å². The smallest absolute Gasteiger partial charge is 0.342 e. The minimum atomic E-state index is -4.65. The highest BCUT2D eigenvalue weighted by molar-refractivity contribution is 9.10. The Bertz CT molecular complexity index is 1210. The van der Waals surface area contributed by atoms with Crippen LogP contribution in [0.4, 0.5) is 13.2 Å². The summed E-state index contributed by atoms with van der Waals surface area (Å²) in [6.07, 6.45) is -1.79. The molecule has 0 bridgehead atoms. The van der Waals surface area contributed by atoms with Crippen molar-refractivity contribution in [2.24, 2.45) is 0 Å². The molecule has 3 heterocycles. The molecule has 0 aliphatic heterocycles. The van der Waals surface area contributed by atoms with E-state index in [1.165, 1.54) is 16.9 Å². The molecule has 164 valence electrons. The summed E-state index contributed by atoms with van der Waals surface area (Å²) in [7, 11) is 0. The first-order chi connectivity index (χ1) is 15.2. The van der Waals surface area contributed by atoms with Crippen LogP contribution in [0, 0.1) is 11.3 Å². The molecule has 1 aliphatic carbocycles. The molecule has 1 saturated carbocycles. The SMILES string of the molecule is CC(NC(=O)c1cc(C2CC2)nc(C(F)(F)F)c1)c1nc(Br)nn1-c1ccc(C#N)cn1. The van der Waals surface area contributed by atoms with E-state index >= 15 is 0 Å². The predicted molar refractivity (Wildman–Crippen MR) is 109 cm³/mol. The lowest BCUT2D eigenvalue weighted by molar-refractivity contribution is -0.141. The molecule has 1 unspecified atom stereocenters. The molecule has 1 N–H and O–H groups in total. The number of rotatable bonds is 5. The first kappa shape index (κ1) is 21.9. The van der Waals surface area contributed by atoms with Gasteiger partial charge in [-0.05, 0) is 60.0 Å². The van der Waals surface area contributed by atoms with Crippen molar-refractivity contribution in [2.45, 2.75) is 37.9 Å². The molecule has 0 saturated heterocycles. The van der Waals surface area contributed by atoms with Crippen molar-refractivity contribution in [3.8, 4) is 11.9 Å². The number of nitrogens with one attached hydrogen (secondary N) is 1. The molecule has 32 heavy (non-hydrogen) atoms. The van der Waals surface area contributed by atoms with E-state index in [1.807, 2.05) is 6.07 Å². The summed E-state index contributed by atoms with van der Waals surface area (Å²) >= 11 is 3.18. The lowest BCUT2D eigenvalue weighted by atomic mass is 10.1. The fourth-order valence-electron chi connectivity index (χ4n) is 3.09. The summed E-state index contributed by atoms with van der Waals surface area (Å²) in [5.41, 5.74) is -0.583. The van der Waals surface area contributed by atoms with E-state index in [0.29, 0.717) is 17.2 Å². The molecule has 1 atom stereocenters. The minimum absolute atomic E-state index is 0.0530. The Morgan fingerprint density at radius 2 is 2.06 bits per heavy atom. The van der Waals surface area contributed by atoms with Gasteiger partial charge >= 0.3 is 6.18 Å². The van der Waals surface area contributed by atoms with E-state index in [4.69, 9.17) is 5.26 Å². The maximum absolute atomic E-state index is 13.3. The van der Waals surface area contributed by atoms with Gasteiger partial charge in [0.25, 0.3) is 5.91 Å². The topological polar surface area (TPSA) is 109 Å². The maximum atomic E-state index is 13.3. The van der Waals surface area contributed by atoms with Crippen LogP contribution >= 0.6 is 15.9 Å². The summed E-state index contributed by atoms with van der Waals surface area (Å²) in [5.74, 6) is -0.0823.